The van der Waals surface area contributed by atoms with Crippen LogP contribution in [0.3, 0.4) is 0 Å². The standard InChI is InChI=1S/C19H20N4O.ClH/c1-13-6-7-14-16(12-13)21-18(15-4-2-3-5-17(15)24)22-19(14)23-10-8-20-9-11-23;/h2-7,12,20,24H,8-11H2,1H3;1H. The van der Waals surface area contributed by atoms with Gasteiger partial charge < -0.3 is 15.3 Å². The lowest BCUT2D eigenvalue weighted by atomic mass is 10.1. The van der Waals surface area contributed by atoms with Gasteiger partial charge in [0.1, 0.15) is 11.6 Å². The van der Waals surface area contributed by atoms with Crippen LogP contribution in [-0.2, 0) is 0 Å². The topological polar surface area (TPSA) is 61.3 Å². The number of nitrogens with one attached hydrogen (secondary N) is 1. The molecule has 130 valence electrons. The van der Waals surface area contributed by atoms with Crippen LogP contribution in [0, 0.1) is 6.92 Å². The highest BCUT2D eigenvalue weighted by Gasteiger charge is 2.18. The summed E-state index contributed by atoms with van der Waals surface area (Å²) >= 11 is 0. The van der Waals surface area contributed by atoms with E-state index in [1.165, 1.54) is 0 Å². The molecule has 5 nitrogen and oxygen atoms in total. The number of phenolic OH excluding ortho intramolecular Hbond substituents is 1. The molecule has 0 bridgehead atoms. The monoisotopic (exact) mass is 356 g/mol. The highest BCUT2D eigenvalue weighted by Crippen LogP contribution is 2.31. The van der Waals surface area contributed by atoms with Crippen molar-refractivity contribution in [1.82, 2.24) is 15.3 Å². The van der Waals surface area contributed by atoms with Gasteiger partial charge in [-0.05, 0) is 36.8 Å². The summed E-state index contributed by atoms with van der Waals surface area (Å²) in [7, 11) is 0. The van der Waals surface area contributed by atoms with E-state index in [1.807, 2.05) is 12.1 Å². The van der Waals surface area contributed by atoms with Gasteiger partial charge in [-0.2, -0.15) is 0 Å². The Bertz CT molecular complexity index is 894. The number of halogens is 1. The van der Waals surface area contributed by atoms with E-state index >= 15 is 0 Å². The first-order valence-electron chi connectivity index (χ1n) is 8.25. The third-order valence-corrected chi connectivity index (χ3v) is 4.39. The number of rotatable bonds is 2. The summed E-state index contributed by atoms with van der Waals surface area (Å²) in [6.07, 6.45) is 0. The lowest BCUT2D eigenvalue weighted by molar-refractivity contribution is 0.477. The van der Waals surface area contributed by atoms with Gasteiger partial charge in [-0.1, -0.05) is 18.2 Å². The van der Waals surface area contributed by atoms with Crippen molar-refractivity contribution < 1.29 is 5.11 Å². The molecule has 0 amide bonds. The molecule has 1 aliphatic heterocycles. The van der Waals surface area contributed by atoms with Gasteiger partial charge in [0.15, 0.2) is 5.82 Å². The quantitative estimate of drug-likeness (QED) is 0.738. The molecule has 4 rings (SSSR count). The minimum atomic E-state index is 0. The zero-order chi connectivity index (χ0) is 16.5. The number of hydrogen-bond donors (Lipinski definition) is 2. The molecule has 0 atom stereocenters. The average molecular weight is 357 g/mol. The van der Waals surface area contributed by atoms with Gasteiger partial charge in [0.25, 0.3) is 0 Å². The zero-order valence-electron chi connectivity index (χ0n) is 14.1. The van der Waals surface area contributed by atoms with Crippen molar-refractivity contribution in [2.45, 2.75) is 6.92 Å². The Balaban J connectivity index is 0.00000182. The van der Waals surface area contributed by atoms with Crippen molar-refractivity contribution in [3.05, 3.63) is 48.0 Å². The smallest absolute Gasteiger partial charge is 0.165 e. The van der Waals surface area contributed by atoms with E-state index in [9.17, 15) is 5.11 Å². The van der Waals surface area contributed by atoms with Gasteiger partial charge >= 0.3 is 0 Å². The van der Waals surface area contributed by atoms with Gasteiger partial charge in [0.05, 0.1) is 11.1 Å². The van der Waals surface area contributed by atoms with Gasteiger partial charge in [-0.3, -0.25) is 0 Å². The summed E-state index contributed by atoms with van der Waals surface area (Å²) in [5.74, 6) is 1.72. The molecule has 1 aliphatic rings. The molecule has 2 N–H and O–H groups in total. The van der Waals surface area contributed by atoms with Crippen molar-refractivity contribution in [3.63, 3.8) is 0 Å². The second kappa shape index (κ2) is 7.25. The number of hydrogen-bond acceptors (Lipinski definition) is 5. The van der Waals surface area contributed by atoms with E-state index in [-0.39, 0.29) is 18.2 Å². The van der Waals surface area contributed by atoms with Crippen LogP contribution in [0.2, 0.25) is 0 Å². The highest BCUT2D eigenvalue weighted by atomic mass is 35.5. The number of phenols is 1. The molecule has 0 radical (unpaired) electrons. The summed E-state index contributed by atoms with van der Waals surface area (Å²) in [5.41, 5.74) is 2.74. The maximum Gasteiger partial charge on any atom is 0.165 e. The number of nitrogens with zero attached hydrogens (tertiary/aromatic N) is 3. The number of anilines is 1. The van der Waals surface area contributed by atoms with E-state index in [1.54, 1.807) is 12.1 Å². The lowest BCUT2D eigenvalue weighted by Gasteiger charge is -2.29. The Morgan fingerprint density at radius 1 is 1.04 bits per heavy atom. The highest BCUT2D eigenvalue weighted by molar-refractivity contribution is 5.92. The van der Waals surface area contributed by atoms with Gasteiger partial charge in [-0.25, -0.2) is 9.97 Å². The summed E-state index contributed by atoms with van der Waals surface area (Å²) in [5, 5.41) is 14.6. The average Bonchev–Trinajstić information content (AvgIpc) is 2.61. The molecule has 0 aliphatic carbocycles. The Morgan fingerprint density at radius 2 is 1.80 bits per heavy atom. The number of aryl methyl sites for hydroxylation is 1. The van der Waals surface area contributed by atoms with E-state index in [0.29, 0.717) is 11.4 Å². The van der Waals surface area contributed by atoms with Crippen LogP contribution in [0.1, 0.15) is 5.56 Å². The predicted molar refractivity (Wildman–Crippen MR) is 104 cm³/mol. The molecule has 0 spiro atoms. The molecule has 2 aromatic carbocycles. The fourth-order valence-corrected chi connectivity index (χ4v) is 3.12. The lowest BCUT2D eigenvalue weighted by Crippen LogP contribution is -2.44. The normalized spacial score (nSPS) is 14.4. The molecule has 2 heterocycles. The van der Waals surface area contributed by atoms with Crippen LogP contribution in [0.5, 0.6) is 5.75 Å². The van der Waals surface area contributed by atoms with Crippen LogP contribution in [0.15, 0.2) is 42.5 Å². The van der Waals surface area contributed by atoms with Gasteiger partial charge in [-0.15, -0.1) is 12.4 Å². The second-order valence-corrected chi connectivity index (χ2v) is 6.15. The predicted octanol–water partition coefficient (Wildman–Crippen LogP) is 3.14. The number of aromatic nitrogens is 2. The van der Waals surface area contributed by atoms with Crippen LogP contribution < -0.4 is 10.2 Å². The molecule has 0 saturated carbocycles. The van der Waals surface area contributed by atoms with Crippen molar-refractivity contribution in [2.75, 3.05) is 31.1 Å². The zero-order valence-corrected chi connectivity index (χ0v) is 14.9. The largest absolute Gasteiger partial charge is 0.507 e. The first-order chi connectivity index (χ1) is 11.7. The third kappa shape index (κ3) is 3.38. The number of benzene rings is 2. The van der Waals surface area contributed by atoms with Crippen LogP contribution >= 0.6 is 12.4 Å². The first kappa shape index (κ1) is 17.5. The summed E-state index contributed by atoms with van der Waals surface area (Å²) in [6, 6.07) is 13.5. The molecule has 0 unspecified atom stereocenters. The number of fused-ring (bicyclic) bond motifs is 1. The Hall–Kier alpha value is -2.37. The molecular weight excluding hydrogens is 336 g/mol. The fourth-order valence-electron chi connectivity index (χ4n) is 3.12. The molecule has 6 heteroatoms. The minimum absolute atomic E-state index is 0. The van der Waals surface area contributed by atoms with Crippen molar-refractivity contribution in [2.24, 2.45) is 0 Å². The van der Waals surface area contributed by atoms with E-state index in [4.69, 9.17) is 9.97 Å². The molecule has 3 aromatic rings. The molecule has 1 aromatic heterocycles. The Morgan fingerprint density at radius 3 is 2.56 bits per heavy atom. The molecular formula is C19H21ClN4O. The summed E-state index contributed by atoms with van der Waals surface area (Å²) in [4.78, 5) is 11.8. The SMILES string of the molecule is Cc1ccc2c(N3CCNCC3)nc(-c3ccccc3O)nc2c1.Cl. The van der Waals surface area contributed by atoms with Crippen molar-refractivity contribution in [3.8, 4) is 17.1 Å². The minimum Gasteiger partial charge on any atom is -0.507 e. The molecule has 1 fully saturated rings. The number of piperazine rings is 1. The van der Waals surface area contributed by atoms with E-state index in [2.05, 4.69) is 35.3 Å². The van der Waals surface area contributed by atoms with Gasteiger partial charge in [0, 0.05) is 31.6 Å². The first-order valence-corrected chi connectivity index (χ1v) is 8.25. The van der Waals surface area contributed by atoms with Crippen LogP contribution in [-0.4, -0.2) is 41.3 Å². The van der Waals surface area contributed by atoms with Crippen LogP contribution in [0.25, 0.3) is 22.3 Å². The van der Waals surface area contributed by atoms with Crippen molar-refractivity contribution >= 4 is 29.1 Å². The summed E-state index contributed by atoms with van der Waals surface area (Å²) < 4.78 is 0. The van der Waals surface area contributed by atoms with Gasteiger partial charge in [0.2, 0.25) is 0 Å². The molecule has 1 saturated heterocycles. The maximum atomic E-state index is 10.2. The fraction of sp³-hybridized carbons (Fsp3) is 0.263. The Labute approximate surface area is 153 Å². The van der Waals surface area contributed by atoms with E-state index in [0.717, 1.165) is 48.5 Å². The Kier molecular flexibility index (Phi) is 5.06. The number of para-hydroxylation sites is 1. The second-order valence-electron chi connectivity index (χ2n) is 6.15. The summed E-state index contributed by atoms with van der Waals surface area (Å²) in [6.45, 7) is 5.79. The molecule has 25 heavy (non-hydrogen) atoms. The number of aromatic hydroxyl groups is 1. The maximum absolute atomic E-state index is 10.2. The van der Waals surface area contributed by atoms with E-state index < -0.39 is 0 Å². The van der Waals surface area contributed by atoms with Crippen molar-refractivity contribution in [1.29, 1.82) is 0 Å². The van der Waals surface area contributed by atoms with Crippen LogP contribution in [0.4, 0.5) is 5.82 Å². The third-order valence-electron chi connectivity index (χ3n) is 4.39.